The topological polar surface area (TPSA) is 64.3 Å². The minimum Gasteiger partial charge on any atom is -0.476 e. The van der Waals surface area contributed by atoms with Crippen molar-refractivity contribution in [1.29, 1.82) is 0 Å². The molecule has 1 aromatic carbocycles. The Morgan fingerprint density at radius 2 is 2.11 bits per heavy atom. The number of carboxylic acids is 1. The average Bonchev–Trinajstić information content (AvgIpc) is 2.71. The van der Waals surface area contributed by atoms with Gasteiger partial charge < -0.3 is 9.84 Å². The largest absolute Gasteiger partial charge is 0.476 e. The minimum absolute atomic E-state index is 0.0689. The summed E-state index contributed by atoms with van der Waals surface area (Å²) < 4.78 is 30.2. The van der Waals surface area contributed by atoms with E-state index < -0.39 is 12.6 Å². The van der Waals surface area contributed by atoms with E-state index in [0.717, 1.165) is 0 Å². The van der Waals surface area contributed by atoms with Crippen molar-refractivity contribution in [3.05, 3.63) is 41.7 Å². The lowest BCUT2D eigenvalue weighted by Gasteiger charge is -2.11. The summed E-state index contributed by atoms with van der Waals surface area (Å²) >= 11 is 0. The van der Waals surface area contributed by atoms with Crippen LogP contribution in [0.4, 0.5) is 8.78 Å². The maximum atomic E-state index is 12.3. The first kappa shape index (κ1) is 13.0. The van der Waals surface area contributed by atoms with Crippen LogP contribution in [0.25, 0.3) is 5.69 Å². The fraction of sp³-hybridized carbons (Fsp3) is 0.167. The molecule has 0 spiro atoms. The van der Waals surface area contributed by atoms with Crippen molar-refractivity contribution in [2.24, 2.45) is 0 Å². The molecular formula is C12H10F2N2O3. The second kappa shape index (κ2) is 5.05. The van der Waals surface area contributed by atoms with Crippen LogP contribution >= 0.6 is 0 Å². The number of benzene rings is 1. The molecule has 0 bridgehead atoms. The Balaban J connectivity index is 2.49. The summed E-state index contributed by atoms with van der Waals surface area (Å²) in [5, 5.41) is 12.7. The maximum Gasteiger partial charge on any atom is 0.387 e. The SMILES string of the molecule is Cc1cc(C(=O)O)nn1-c1ccccc1OC(F)F. The summed E-state index contributed by atoms with van der Waals surface area (Å²) in [5.41, 5.74) is 0.597. The van der Waals surface area contributed by atoms with E-state index in [2.05, 4.69) is 9.84 Å². The summed E-state index contributed by atoms with van der Waals surface area (Å²) in [5.74, 6) is -1.25. The fourth-order valence-electron chi connectivity index (χ4n) is 1.65. The van der Waals surface area contributed by atoms with Gasteiger partial charge >= 0.3 is 12.6 Å². The number of ether oxygens (including phenoxy) is 1. The van der Waals surface area contributed by atoms with Crippen LogP contribution < -0.4 is 4.74 Å². The van der Waals surface area contributed by atoms with E-state index in [-0.39, 0.29) is 17.1 Å². The summed E-state index contributed by atoms with van der Waals surface area (Å²) in [6.07, 6.45) is 0. The first-order valence-electron chi connectivity index (χ1n) is 5.33. The molecule has 0 radical (unpaired) electrons. The third kappa shape index (κ3) is 2.70. The number of para-hydroxylation sites is 2. The van der Waals surface area contributed by atoms with Gasteiger partial charge in [-0.25, -0.2) is 9.48 Å². The van der Waals surface area contributed by atoms with E-state index in [9.17, 15) is 13.6 Å². The second-order valence-corrected chi connectivity index (χ2v) is 3.73. The number of aromatic nitrogens is 2. The van der Waals surface area contributed by atoms with E-state index in [1.165, 1.54) is 28.9 Å². The van der Waals surface area contributed by atoms with E-state index in [4.69, 9.17) is 5.11 Å². The zero-order chi connectivity index (χ0) is 14.0. The van der Waals surface area contributed by atoms with Gasteiger partial charge in [-0.15, -0.1) is 0 Å². The number of hydrogen-bond donors (Lipinski definition) is 1. The highest BCUT2D eigenvalue weighted by Crippen LogP contribution is 2.25. The number of rotatable bonds is 4. The van der Waals surface area contributed by atoms with Crippen molar-refractivity contribution >= 4 is 5.97 Å². The molecule has 100 valence electrons. The Morgan fingerprint density at radius 3 is 2.68 bits per heavy atom. The lowest BCUT2D eigenvalue weighted by atomic mass is 10.3. The average molecular weight is 268 g/mol. The number of nitrogens with zero attached hydrogens (tertiary/aromatic N) is 2. The number of hydrogen-bond acceptors (Lipinski definition) is 3. The number of carbonyl (C=O) groups is 1. The molecule has 2 rings (SSSR count). The van der Waals surface area contributed by atoms with Gasteiger partial charge in [0.05, 0.1) is 0 Å². The van der Waals surface area contributed by atoms with Gasteiger partial charge in [-0.1, -0.05) is 12.1 Å². The van der Waals surface area contributed by atoms with Gasteiger partial charge in [-0.2, -0.15) is 13.9 Å². The molecule has 1 aromatic heterocycles. The normalized spacial score (nSPS) is 10.7. The van der Waals surface area contributed by atoms with Gasteiger partial charge in [0.25, 0.3) is 0 Å². The molecular weight excluding hydrogens is 258 g/mol. The molecule has 7 heteroatoms. The first-order valence-corrected chi connectivity index (χ1v) is 5.33. The molecule has 0 saturated heterocycles. The minimum atomic E-state index is -2.96. The Kier molecular flexibility index (Phi) is 3.46. The zero-order valence-corrected chi connectivity index (χ0v) is 9.88. The Hall–Kier alpha value is -2.44. The molecule has 0 aliphatic carbocycles. The van der Waals surface area contributed by atoms with Crippen molar-refractivity contribution in [3.8, 4) is 11.4 Å². The smallest absolute Gasteiger partial charge is 0.387 e. The summed E-state index contributed by atoms with van der Waals surface area (Å²) in [7, 11) is 0. The third-order valence-corrected chi connectivity index (χ3v) is 2.42. The van der Waals surface area contributed by atoms with Crippen LogP contribution in [-0.2, 0) is 0 Å². The van der Waals surface area contributed by atoms with Gasteiger partial charge in [-0.3, -0.25) is 0 Å². The van der Waals surface area contributed by atoms with Crippen LogP contribution in [0.1, 0.15) is 16.2 Å². The molecule has 2 aromatic rings. The first-order chi connectivity index (χ1) is 8.99. The standard InChI is InChI=1S/C12H10F2N2O3/c1-7-6-8(11(17)18)15-16(7)9-4-2-3-5-10(9)19-12(13)14/h2-6,12H,1H3,(H,17,18). The van der Waals surface area contributed by atoms with Gasteiger partial charge in [0, 0.05) is 5.69 Å². The Morgan fingerprint density at radius 1 is 1.42 bits per heavy atom. The van der Waals surface area contributed by atoms with Gasteiger partial charge in [0.1, 0.15) is 5.69 Å². The summed E-state index contributed by atoms with van der Waals surface area (Å²) in [6.45, 7) is -1.34. The van der Waals surface area contributed by atoms with E-state index in [0.29, 0.717) is 5.69 Å². The molecule has 19 heavy (non-hydrogen) atoms. The number of halogens is 2. The van der Waals surface area contributed by atoms with Crippen molar-refractivity contribution < 1.29 is 23.4 Å². The number of aryl methyl sites for hydroxylation is 1. The molecule has 5 nitrogen and oxygen atoms in total. The Bertz CT molecular complexity index is 611. The van der Waals surface area contributed by atoms with Gasteiger partial charge in [0.2, 0.25) is 0 Å². The predicted octanol–water partition coefficient (Wildman–Crippen LogP) is 2.48. The summed E-state index contributed by atoms with van der Waals surface area (Å²) in [4.78, 5) is 10.8. The van der Waals surface area contributed by atoms with E-state index in [1.807, 2.05) is 0 Å². The Labute approximate surface area is 107 Å². The number of carboxylic acid groups (broad SMARTS) is 1. The molecule has 0 atom stereocenters. The van der Waals surface area contributed by atoms with E-state index >= 15 is 0 Å². The zero-order valence-electron chi connectivity index (χ0n) is 9.88. The highest BCUT2D eigenvalue weighted by Gasteiger charge is 2.16. The molecule has 1 heterocycles. The predicted molar refractivity (Wildman–Crippen MR) is 61.9 cm³/mol. The number of aromatic carboxylic acids is 1. The molecule has 0 aliphatic heterocycles. The van der Waals surface area contributed by atoms with Gasteiger partial charge in [-0.05, 0) is 25.1 Å². The van der Waals surface area contributed by atoms with Crippen LogP contribution in [0, 0.1) is 6.92 Å². The molecule has 0 unspecified atom stereocenters. The molecule has 0 fully saturated rings. The monoisotopic (exact) mass is 268 g/mol. The van der Waals surface area contributed by atoms with Crippen LogP contribution in [0.2, 0.25) is 0 Å². The highest BCUT2D eigenvalue weighted by atomic mass is 19.3. The highest BCUT2D eigenvalue weighted by molar-refractivity contribution is 5.85. The summed E-state index contributed by atoms with van der Waals surface area (Å²) in [6, 6.07) is 7.39. The quantitative estimate of drug-likeness (QED) is 0.925. The van der Waals surface area contributed by atoms with E-state index in [1.54, 1.807) is 13.0 Å². The van der Waals surface area contributed by atoms with Crippen molar-refractivity contribution in [3.63, 3.8) is 0 Å². The van der Waals surface area contributed by atoms with Crippen molar-refractivity contribution in [2.45, 2.75) is 13.5 Å². The molecule has 1 N–H and O–H groups in total. The van der Waals surface area contributed by atoms with Crippen LogP contribution in [0.3, 0.4) is 0 Å². The second-order valence-electron chi connectivity index (χ2n) is 3.73. The van der Waals surface area contributed by atoms with Crippen LogP contribution in [-0.4, -0.2) is 27.5 Å². The van der Waals surface area contributed by atoms with Gasteiger partial charge in [0.15, 0.2) is 11.4 Å². The third-order valence-electron chi connectivity index (χ3n) is 2.42. The molecule has 0 aliphatic rings. The maximum absolute atomic E-state index is 12.3. The lowest BCUT2D eigenvalue weighted by Crippen LogP contribution is -2.08. The molecule has 0 amide bonds. The van der Waals surface area contributed by atoms with Crippen molar-refractivity contribution in [2.75, 3.05) is 0 Å². The fourth-order valence-corrected chi connectivity index (χ4v) is 1.65. The lowest BCUT2D eigenvalue weighted by molar-refractivity contribution is -0.0499. The van der Waals surface area contributed by atoms with Crippen molar-refractivity contribution in [1.82, 2.24) is 9.78 Å². The molecule has 0 saturated carbocycles. The number of alkyl halides is 2. The van der Waals surface area contributed by atoms with Crippen LogP contribution in [0.5, 0.6) is 5.75 Å². The van der Waals surface area contributed by atoms with Crippen LogP contribution in [0.15, 0.2) is 30.3 Å².